The Morgan fingerprint density at radius 2 is 1.64 bits per heavy atom. The molecule has 0 fully saturated rings. The average Bonchev–Trinajstić information content (AvgIpc) is 2.57. The number of amides is 3. The van der Waals surface area contributed by atoms with Gasteiger partial charge >= 0.3 is 6.03 Å². The van der Waals surface area contributed by atoms with Gasteiger partial charge in [0.1, 0.15) is 0 Å². The summed E-state index contributed by atoms with van der Waals surface area (Å²) in [4.78, 5) is 25.3. The molecule has 3 amide bonds. The molecule has 6 heteroatoms. The molecular formula is C19H22ClN3O2. The topological polar surface area (TPSA) is 61.4 Å². The van der Waals surface area contributed by atoms with Crippen LogP contribution in [-0.4, -0.2) is 30.9 Å². The first-order valence-corrected chi connectivity index (χ1v) is 8.35. The van der Waals surface area contributed by atoms with Gasteiger partial charge in [-0.1, -0.05) is 35.9 Å². The van der Waals surface area contributed by atoms with Crippen LogP contribution >= 0.6 is 11.6 Å². The van der Waals surface area contributed by atoms with Crippen LogP contribution in [-0.2, 0) is 11.2 Å². The van der Waals surface area contributed by atoms with Gasteiger partial charge in [-0.05, 0) is 42.3 Å². The summed E-state index contributed by atoms with van der Waals surface area (Å²) in [7, 11) is 3.45. The fourth-order valence-corrected chi connectivity index (χ4v) is 2.36. The van der Waals surface area contributed by atoms with Gasteiger partial charge in [0.05, 0.1) is 12.5 Å². The van der Waals surface area contributed by atoms with Crippen molar-refractivity contribution in [2.75, 3.05) is 19.4 Å². The van der Waals surface area contributed by atoms with Crippen molar-refractivity contribution in [2.45, 2.75) is 19.4 Å². The zero-order valence-electron chi connectivity index (χ0n) is 14.5. The molecule has 1 atom stereocenters. The van der Waals surface area contributed by atoms with E-state index in [0.29, 0.717) is 17.1 Å². The van der Waals surface area contributed by atoms with Crippen LogP contribution < -0.4 is 10.6 Å². The predicted molar refractivity (Wildman–Crippen MR) is 101 cm³/mol. The smallest absolute Gasteiger partial charge is 0.319 e. The minimum atomic E-state index is -0.292. The molecule has 0 bridgehead atoms. The van der Waals surface area contributed by atoms with Crippen molar-refractivity contribution >= 4 is 29.2 Å². The van der Waals surface area contributed by atoms with Gasteiger partial charge in [-0.15, -0.1) is 0 Å². The van der Waals surface area contributed by atoms with E-state index in [2.05, 4.69) is 10.6 Å². The van der Waals surface area contributed by atoms with Gasteiger partial charge in [0.2, 0.25) is 5.91 Å². The van der Waals surface area contributed by atoms with Gasteiger partial charge in [-0.2, -0.15) is 0 Å². The van der Waals surface area contributed by atoms with Crippen molar-refractivity contribution in [3.8, 4) is 0 Å². The van der Waals surface area contributed by atoms with E-state index in [1.54, 1.807) is 43.3 Å². The van der Waals surface area contributed by atoms with E-state index in [1.807, 2.05) is 31.2 Å². The van der Waals surface area contributed by atoms with Gasteiger partial charge in [0, 0.05) is 24.8 Å². The number of urea groups is 1. The molecule has 2 rings (SSSR count). The second kappa shape index (κ2) is 8.53. The third kappa shape index (κ3) is 5.80. The lowest BCUT2D eigenvalue weighted by Gasteiger charge is -2.15. The zero-order valence-corrected chi connectivity index (χ0v) is 15.3. The maximum absolute atomic E-state index is 12.1. The number of likely N-dealkylation sites (N-methyl/N-ethyl adjacent to an activating group) is 1. The second-order valence-corrected chi connectivity index (χ2v) is 6.47. The first kappa shape index (κ1) is 18.8. The highest BCUT2D eigenvalue weighted by atomic mass is 35.5. The Balaban J connectivity index is 1.89. The van der Waals surface area contributed by atoms with Gasteiger partial charge < -0.3 is 15.5 Å². The van der Waals surface area contributed by atoms with E-state index in [-0.39, 0.29) is 18.0 Å². The summed E-state index contributed by atoms with van der Waals surface area (Å²) in [5, 5.41) is 6.32. The van der Waals surface area contributed by atoms with Crippen molar-refractivity contribution in [3.05, 3.63) is 64.7 Å². The Bertz CT molecular complexity index is 727. The highest BCUT2D eigenvalue weighted by Gasteiger charge is 2.10. The SMILES string of the molecule is CC(NC(=O)Nc1ccc(CC(=O)N(C)C)cc1)c1ccc(Cl)cc1. The minimum absolute atomic E-state index is 0.0373. The maximum atomic E-state index is 12.1. The molecule has 1 unspecified atom stereocenters. The summed E-state index contributed by atoms with van der Waals surface area (Å²) in [5.74, 6) is 0.0373. The van der Waals surface area contributed by atoms with E-state index < -0.39 is 0 Å². The normalized spacial score (nSPS) is 11.5. The molecule has 0 aliphatic heterocycles. The number of carbonyl (C=O) groups is 2. The van der Waals surface area contributed by atoms with E-state index >= 15 is 0 Å². The summed E-state index contributed by atoms with van der Waals surface area (Å²) in [6.07, 6.45) is 0.340. The quantitative estimate of drug-likeness (QED) is 0.851. The highest BCUT2D eigenvalue weighted by molar-refractivity contribution is 6.30. The van der Waals surface area contributed by atoms with Crippen LogP contribution in [0.3, 0.4) is 0 Å². The Kier molecular flexibility index (Phi) is 6.42. The van der Waals surface area contributed by atoms with Crippen LogP contribution in [0.25, 0.3) is 0 Å². The lowest BCUT2D eigenvalue weighted by molar-refractivity contribution is -0.127. The molecule has 0 aliphatic rings. The van der Waals surface area contributed by atoms with Crippen molar-refractivity contribution in [1.29, 1.82) is 0 Å². The molecule has 0 saturated carbocycles. The number of carbonyl (C=O) groups excluding carboxylic acids is 2. The molecule has 25 heavy (non-hydrogen) atoms. The van der Waals surface area contributed by atoms with E-state index in [4.69, 9.17) is 11.6 Å². The fourth-order valence-electron chi connectivity index (χ4n) is 2.24. The standard InChI is InChI=1S/C19H22ClN3O2/c1-13(15-6-8-16(20)9-7-15)21-19(25)22-17-10-4-14(5-11-17)12-18(24)23(2)3/h4-11,13H,12H2,1-3H3,(H2,21,22,25). The van der Waals surface area contributed by atoms with Crippen LogP contribution in [0.1, 0.15) is 24.1 Å². The molecule has 0 saturated heterocycles. The van der Waals surface area contributed by atoms with E-state index in [1.165, 1.54) is 0 Å². The molecule has 0 spiro atoms. The fraction of sp³-hybridized carbons (Fsp3) is 0.263. The number of nitrogens with one attached hydrogen (secondary N) is 2. The maximum Gasteiger partial charge on any atom is 0.319 e. The Hall–Kier alpha value is -2.53. The molecule has 2 aromatic carbocycles. The van der Waals surface area contributed by atoms with Gasteiger partial charge in [0.15, 0.2) is 0 Å². The Morgan fingerprint density at radius 3 is 2.20 bits per heavy atom. The molecule has 2 aromatic rings. The third-order valence-corrected chi connectivity index (χ3v) is 4.04. The van der Waals surface area contributed by atoms with Crippen molar-refractivity contribution in [3.63, 3.8) is 0 Å². The van der Waals surface area contributed by atoms with Gasteiger partial charge in [-0.3, -0.25) is 4.79 Å². The lowest BCUT2D eigenvalue weighted by Crippen LogP contribution is -2.31. The molecule has 0 aliphatic carbocycles. The number of benzene rings is 2. The zero-order chi connectivity index (χ0) is 18.4. The number of halogens is 1. The number of hydrogen-bond acceptors (Lipinski definition) is 2. The average molecular weight is 360 g/mol. The predicted octanol–water partition coefficient (Wildman–Crippen LogP) is 3.85. The molecule has 0 heterocycles. The summed E-state index contributed by atoms with van der Waals surface area (Å²) in [5.41, 5.74) is 2.54. The molecule has 2 N–H and O–H groups in total. The summed E-state index contributed by atoms with van der Waals surface area (Å²) in [6, 6.07) is 14.1. The van der Waals surface area contributed by atoms with Crippen LogP contribution in [0, 0.1) is 0 Å². The minimum Gasteiger partial charge on any atom is -0.349 e. The Labute approximate surface area is 153 Å². The van der Waals surface area contributed by atoms with Gasteiger partial charge in [-0.25, -0.2) is 4.79 Å². The first-order valence-electron chi connectivity index (χ1n) is 7.97. The molecule has 132 valence electrons. The van der Waals surface area contributed by atoms with Gasteiger partial charge in [0.25, 0.3) is 0 Å². The highest BCUT2D eigenvalue weighted by Crippen LogP contribution is 2.16. The lowest BCUT2D eigenvalue weighted by atomic mass is 10.1. The second-order valence-electron chi connectivity index (χ2n) is 6.03. The molecule has 0 radical (unpaired) electrons. The molecule has 5 nitrogen and oxygen atoms in total. The third-order valence-electron chi connectivity index (χ3n) is 3.78. The van der Waals surface area contributed by atoms with Crippen LogP contribution in [0.2, 0.25) is 5.02 Å². The first-order chi connectivity index (χ1) is 11.8. The molecular weight excluding hydrogens is 338 g/mol. The van der Waals surface area contributed by atoms with Crippen molar-refractivity contribution in [1.82, 2.24) is 10.2 Å². The Morgan fingerprint density at radius 1 is 1.04 bits per heavy atom. The summed E-state index contributed by atoms with van der Waals surface area (Å²) >= 11 is 5.87. The number of hydrogen-bond donors (Lipinski definition) is 2. The molecule has 0 aromatic heterocycles. The number of anilines is 1. The largest absolute Gasteiger partial charge is 0.349 e. The van der Waals surface area contributed by atoms with E-state index in [0.717, 1.165) is 11.1 Å². The van der Waals surface area contributed by atoms with Crippen molar-refractivity contribution < 1.29 is 9.59 Å². The summed E-state index contributed by atoms with van der Waals surface area (Å²) in [6.45, 7) is 1.90. The number of rotatable bonds is 5. The van der Waals surface area contributed by atoms with Crippen molar-refractivity contribution in [2.24, 2.45) is 0 Å². The van der Waals surface area contributed by atoms with Crippen LogP contribution in [0.4, 0.5) is 10.5 Å². The van der Waals surface area contributed by atoms with Crippen LogP contribution in [0.15, 0.2) is 48.5 Å². The van der Waals surface area contributed by atoms with E-state index in [9.17, 15) is 9.59 Å². The monoisotopic (exact) mass is 359 g/mol. The summed E-state index contributed by atoms with van der Waals surface area (Å²) < 4.78 is 0. The van der Waals surface area contributed by atoms with Crippen LogP contribution in [0.5, 0.6) is 0 Å². The number of nitrogens with zero attached hydrogens (tertiary/aromatic N) is 1.